The number of hydrogen-bond acceptors (Lipinski definition) is 3. The number of aromatic nitrogens is 1. The molecule has 0 spiro atoms. The third-order valence-corrected chi connectivity index (χ3v) is 2.88. The molecule has 0 fully saturated rings. The molecule has 94 valence electrons. The standard InChI is InChI=1S/C15H18N2O/c1-3-14(16)12-9-11(2)15(17-10-12)18-13-7-5-4-6-8-13/h4-10,14H,3,16H2,1-2H3. The molecule has 1 aromatic carbocycles. The quantitative estimate of drug-likeness (QED) is 0.891. The van der Waals surface area contributed by atoms with E-state index in [1.165, 1.54) is 0 Å². The van der Waals surface area contributed by atoms with E-state index in [0.717, 1.165) is 23.3 Å². The molecule has 0 aliphatic heterocycles. The Morgan fingerprint density at radius 3 is 2.61 bits per heavy atom. The Morgan fingerprint density at radius 2 is 2.00 bits per heavy atom. The van der Waals surface area contributed by atoms with Crippen molar-refractivity contribution in [2.24, 2.45) is 5.73 Å². The van der Waals surface area contributed by atoms with Crippen LogP contribution in [0.2, 0.25) is 0 Å². The molecule has 1 heterocycles. The van der Waals surface area contributed by atoms with Gasteiger partial charge in [0, 0.05) is 17.8 Å². The smallest absolute Gasteiger partial charge is 0.222 e. The first-order chi connectivity index (χ1) is 8.70. The van der Waals surface area contributed by atoms with E-state index >= 15 is 0 Å². The first-order valence-corrected chi connectivity index (χ1v) is 6.15. The Kier molecular flexibility index (Phi) is 3.95. The van der Waals surface area contributed by atoms with E-state index in [4.69, 9.17) is 10.5 Å². The summed E-state index contributed by atoms with van der Waals surface area (Å²) < 4.78 is 5.73. The van der Waals surface area contributed by atoms with Crippen molar-refractivity contribution in [1.29, 1.82) is 0 Å². The van der Waals surface area contributed by atoms with E-state index in [1.54, 1.807) is 6.20 Å². The van der Waals surface area contributed by atoms with Crippen molar-refractivity contribution < 1.29 is 4.74 Å². The Hall–Kier alpha value is -1.87. The molecule has 2 rings (SSSR count). The molecule has 1 atom stereocenters. The minimum atomic E-state index is 0.0435. The molecule has 0 radical (unpaired) electrons. The fourth-order valence-electron chi connectivity index (χ4n) is 1.73. The van der Waals surface area contributed by atoms with Gasteiger partial charge in [-0.1, -0.05) is 25.1 Å². The first-order valence-electron chi connectivity index (χ1n) is 6.15. The van der Waals surface area contributed by atoms with Crippen LogP contribution in [-0.4, -0.2) is 4.98 Å². The van der Waals surface area contributed by atoms with E-state index in [1.807, 2.05) is 43.3 Å². The number of ether oxygens (including phenoxy) is 1. The van der Waals surface area contributed by atoms with Crippen LogP contribution in [0.3, 0.4) is 0 Å². The summed E-state index contributed by atoms with van der Waals surface area (Å²) in [7, 11) is 0. The van der Waals surface area contributed by atoms with Gasteiger partial charge in [0.25, 0.3) is 0 Å². The van der Waals surface area contributed by atoms with Crippen LogP contribution >= 0.6 is 0 Å². The summed E-state index contributed by atoms with van der Waals surface area (Å²) >= 11 is 0. The van der Waals surface area contributed by atoms with Gasteiger partial charge in [0.05, 0.1) is 0 Å². The fraction of sp³-hybridized carbons (Fsp3) is 0.267. The summed E-state index contributed by atoms with van der Waals surface area (Å²) in [5, 5.41) is 0. The number of pyridine rings is 1. The summed E-state index contributed by atoms with van der Waals surface area (Å²) in [5.74, 6) is 1.42. The second-order valence-corrected chi connectivity index (χ2v) is 4.32. The number of para-hydroxylation sites is 1. The summed E-state index contributed by atoms with van der Waals surface area (Å²) in [5.41, 5.74) is 8.04. The molecule has 1 aromatic heterocycles. The number of nitrogens with two attached hydrogens (primary N) is 1. The van der Waals surface area contributed by atoms with Crippen molar-refractivity contribution in [3.8, 4) is 11.6 Å². The van der Waals surface area contributed by atoms with Gasteiger partial charge in [-0.3, -0.25) is 0 Å². The van der Waals surface area contributed by atoms with E-state index < -0.39 is 0 Å². The van der Waals surface area contributed by atoms with E-state index in [2.05, 4.69) is 11.9 Å². The van der Waals surface area contributed by atoms with Crippen molar-refractivity contribution in [3.05, 3.63) is 53.7 Å². The molecule has 1 unspecified atom stereocenters. The van der Waals surface area contributed by atoms with Gasteiger partial charge in [0.1, 0.15) is 5.75 Å². The Bertz CT molecular complexity index is 511. The van der Waals surface area contributed by atoms with Crippen molar-refractivity contribution in [1.82, 2.24) is 4.98 Å². The van der Waals surface area contributed by atoms with Gasteiger partial charge in [-0.2, -0.15) is 0 Å². The third-order valence-electron chi connectivity index (χ3n) is 2.88. The SMILES string of the molecule is CCC(N)c1cnc(Oc2ccccc2)c(C)c1. The zero-order valence-corrected chi connectivity index (χ0v) is 10.8. The lowest BCUT2D eigenvalue weighted by molar-refractivity contribution is 0.458. The normalized spacial score (nSPS) is 12.2. The van der Waals surface area contributed by atoms with Gasteiger partial charge in [0.15, 0.2) is 0 Å². The maximum atomic E-state index is 5.98. The molecule has 0 aliphatic carbocycles. The van der Waals surface area contributed by atoms with Gasteiger partial charge in [0.2, 0.25) is 5.88 Å². The fourth-order valence-corrected chi connectivity index (χ4v) is 1.73. The molecule has 2 N–H and O–H groups in total. The number of aryl methyl sites for hydroxylation is 1. The minimum Gasteiger partial charge on any atom is -0.439 e. The topological polar surface area (TPSA) is 48.1 Å². The second kappa shape index (κ2) is 5.65. The molecule has 0 amide bonds. The molecule has 0 bridgehead atoms. The maximum absolute atomic E-state index is 5.98. The molecule has 3 nitrogen and oxygen atoms in total. The van der Waals surface area contributed by atoms with Crippen molar-refractivity contribution in [3.63, 3.8) is 0 Å². The number of nitrogens with zero attached hydrogens (tertiary/aromatic N) is 1. The Morgan fingerprint density at radius 1 is 1.28 bits per heavy atom. The lowest BCUT2D eigenvalue weighted by atomic mass is 10.1. The molecular weight excluding hydrogens is 224 g/mol. The van der Waals surface area contributed by atoms with E-state index in [0.29, 0.717) is 5.88 Å². The molecule has 0 aliphatic rings. The summed E-state index contributed by atoms with van der Waals surface area (Å²) in [6, 6.07) is 11.7. The van der Waals surface area contributed by atoms with Crippen LogP contribution in [0.25, 0.3) is 0 Å². The summed E-state index contributed by atoms with van der Waals surface area (Å²) in [6.45, 7) is 4.05. The lowest BCUT2D eigenvalue weighted by Gasteiger charge is -2.12. The van der Waals surface area contributed by atoms with Crippen LogP contribution in [0.15, 0.2) is 42.6 Å². The molecule has 0 saturated heterocycles. The zero-order valence-electron chi connectivity index (χ0n) is 10.8. The number of benzene rings is 1. The highest BCUT2D eigenvalue weighted by atomic mass is 16.5. The monoisotopic (exact) mass is 242 g/mol. The highest BCUT2D eigenvalue weighted by Gasteiger charge is 2.08. The van der Waals surface area contributed by atoms with Gasteiger partial charge in [-0.15, -0.1) is 0 Å². The maximum Gasteiger partial charge on any atom is 0.222 e. The highest BCUT2D eigenvalue weighted by molar-refractivity contribution is 5.34. The Balaban J connectivity index is 2.20. The second-order valence-electron chi connectivity index (χ2n) is 4.32. The van der Waals surface area contributed by atoms with Crippen molar-refractivity contribution in [2.75, 3.05) is 0 Å². The largest absolute Gasteiger partial charge is 0.439 e. The number of rotatable bonds is 4. The van der Waals surface area contributed by atoms with Crippen LogP contribution in [0.5, 0.6) is 11.6 Å². The van der Waals surface area contributed by atoms with Crippen LogP contribution in [0, 0.1) is 6.92 Å². The average Bonchev–Trinajstić information content (AvgIpc) is 2.41. The summed E-state index contributed by atoms with van der Waals surface area (Å²) in [6.07, 6.45) is 2.69. The van der Waals surface area contributed by atoms with Crippen LogP contribution in [-0.2, 0) is 0 Å². The van der Waals surface area contributed by atoms with E-state index in [-0.39, 0.29) is 6.04 Å². The van der Waals surface area contributed by atoms with Gasteiger partial charge < -0.3 is 10.5 Å². The van der Waals surface area contributed by atoms with Crippen LogP contribution < -0.4 is 10.5 Å². The molecule has 2 aromatic rings. The van der Waals surface area contributed by atoms with Crippen LogP contribution in [0.4, 0.5) is 0 Å². The average molecular weight is 242 g/mol. The number of hydrogen-bond donors (Lipinski definition) is 1. The zero-order chi connectivity index (χ0) is 13.0. The lowest BCUT2D eigenvalue weighted by Crippen LogP contribution is -2.09. The predicted octanol–water partition coefficient (Wildman–Crippen LogP) is 3.59. The van der Waals surface area contributed by atoms with Gasteiger partial charge in [-0.05, 0) is 37.1 Å². The molecule has 0 saturated carbocycles. The highest BCUT2D eigenvalue weighted by Crippen LogP contribution is 2.24. The minimum absolute atomic E-state index is 0.0435. The third kappa shape index (κ3) is 2.87. The predicted molar refractivity (Wildman–Crippen MR) is 72.7 cm³/mol. The van der Waals surface area contributed by atoms with Crippen molar-refractivity contribution in [2.45, 2.75) is 26.3 Å². The van der Waals surface area contributed by atoms with Crippen molar-refractivity contribution >= 4 is 0 Å². The van der Waals surface area contributed by atoms with Crippen LogP contribution in [0.1, 0.15) is 30.5 Å². The molecule has 18 heavy (non-hydrogen) atoms. The summed E-state index contributed by atoms with van der Waals surface area (Å²) in [4.78, 5) is 4.34. The van der Waals surface area contributed by atoms with E-state index in [9.17, 15) is 0 Å². The molecular formula is C15H18N2O. The molecule has 3 heteroatoms. The Labute approximate surface area is 108 Å². The van der Waals surface area contributed by atoms with Gasteiger partial charge >= 0.3 is 0 Å². The van der Waals surface area contributed by atoms with Gasteiger partial charge in [-0.25, -0.2) is 4.98 Å². The first kappa shape index (κ1) is 12.6.